The maximum absolute atomic E-state index is 12.9. The quantitative estimate of drug-likeness (QED) is 0.579. The smallest absolute Gasteiger partial charge is 0.336 e. The van der Waals surface area contributed by atoms with E-state index in [0.29, 0.717) is 30.6 Å². The maximum atomic E-state index is 12.9. The van der Waals surface area contributed by atoms with Crippen molar-refractivity contribution in [2.24, 2.45) is 0 Å². The number of likely N-dealkylation sites (N-methyl/N-ethyl adjacent to an activating group) is 1. The molecule has 1 aliphatic rings. The molecule has 0 saturated carbocycles. The number of thiazole rings is 1. The summed E-state index contributed by atoms with van der Waals surface area (Å²) in [5, 5.41) is 2.60. The number of aromatic nitrogens is 1. The lowest BCUT2D eigenvalue weighted by Crippen LogP contribution is -2.47. The van der Waals surface area contributed by atoms with Gasteiger partial charge in [-0.3, -0.25) is 4.79 Å². The van der Waals surface area contributed by atoms with Gasteiger partial charge < -0.3 is 9.80 Å². The summed E-state index contributed by atoms with van der Waals surface area (Å²) in [6.45, 7) is 3.13. The molecule has 2 aromatic carbocycles. The van der Waals surface area contributed by atoms with E-state index in [1.165, 1.54) is 17.4 Å². The normalized spacial score (nSPS) is 15.3. The van der Waals surface area contributed by atoms with Crippen LogP contribution in [-0.2, 0) is 12.6 Å². The number of alkyl halides is 3. The molecule has 0 N–H and O–H groups in total. The Morgan fingerprint density at radius 1 is 1.06 bits per heavy atom. The highest BCUT2D eigenvalue weighted by Crippen LogP contribution is 2.31. The predicted octanol–water partition coefficient (Wildman–Crippen LogP) is 4.81. The molecular weight excluding hydrogens is 423 g/mol. The fourth-order valence-corrected chi connectivity index (χ4v) is 4.40. The van der Waals surface area contributed by atoms with E-state index in [0.717, 1.165) is 41.5 Å². The SMILES string of the molecule is CN1CCN(C(=O)c2cccc(-c3csc(Cc4cccc(C(F)(F)F)c4)n3)c2)CC1. The number of carbonyl (C=O) groups excluding carboxylic acids is 1. The van der Waals surface area contributed by atoms with Gasteiger partial charge in [0.05, 0.1) is 16.3 Å². The Morgan fingerprint density at radius 3 is 2.55 bits per heavy atom. The fourth-order valence-electron chi connectivity index (χ4n) is 3.56. The zero-order valence-corrected chi connectivity index (χ0v) is 17.8. The van der Waals surface area contributed by atoms with Gasteiger partial charge in [0.15, 0.2) is 0 Å². The van der Waals surface area contributed by atoms with E-state index in [4.69, 9.17) is 0 Å². The lowest BCUT2D eigenvalue weighted by molar-refractivity contribution is -0.137. The van der Waals surface area contributed by atoms with Crippen molar-refractivity contribution in [2.75, 3.05) is 33.2 Å². The van der Waals surface area contributed by atoms with Crippen LogP contribution in [0.5, 0.6) is 0 Å². The summed E-state index contributed by atoms with van der Waals surface area (Å²) in [6, 6.07) is 12.7. The summed E-state index contributed by atoms with van der Waals surface area (Å²) in [5.74, 6) is 0.00867. The number of hydrogen-bond acceptors (Lipinski definition) is 4. The number of carbonyl (C=O) groups is 1. The first-order valence-electron chi connectivity index (χ1n) is 9.98. The number of hydrogen-bond donors (Lipinski definition) is 0. The largest absolute Gasteiger partial charge is 0.416 e. The number of benzene rings is 2. The standard InChI is InChI=1S/C23H22F3N3OS/c1-28-8-10-29(11-9-28)22(30)18-6-3-5-17(14-18)20-15-31-21(27-20)13-16-4-2-7-19(12-16)23(24,25)26/h2-7,12,14-15H,8-11,13H2,1H3. The number of amides is 1. The topological polar surface area (TPSA) is 36.4 Å². The summed E-state index contributed by atoms with van der Waals surface area (Å²) in [4.78, 5) is 21.5. The van der Waals surface area contributed by atoms with E-state index in [-0.39, 0.29) is 5.91 Å². The Kier molecular flexibility index (Phi) is 6.11. The minimum Gasteiger partial charge on any atom is -0.336 e. The summed E-state index contributed by atoms with van der Waals surface area (Å²) >= 11 is 1.40. The first-order valence-corrected chi connectivity index (χ1v) is 10.9. The molecule has 1 amide bonds. The van der Waals surface area contributed by atoms with Gasteiger partial charge in [-0.15, -0.1) is 11.3 Å². The van der Waals surface area contributed by atoms with Crippen molar-refractivity contribution in [1.29, 1.82) is 0 Å². The van der Waals surface area contributed by atoms with Crippen molar-refractivity contribution in [3.63, 3.8) is 0 Å². The van der Waals surface area contributed by atoms with Crippen LogP contribution in [0.3, 0.4) is 0 Å². The average Bonchev–Trinajstić information content (AvgIpc) is 3.22. The van der Waals surface area contributed by atoms with Gasteiger partial charge in [-0.05, 0) is 30.8 Å². The third kappa shape index (κ3) is 5.14. The average molecular weight is 446 g/mol. The van der Waals surface area contributed by atoms with E-state index < -0.39 is 11.7 Å². The highest BCUT2D eigenvalue weighted by atomic mass is 32.1. The molecule has 2 heterocycles. The van der Waals surface area contributed by atoms with Crippen molar-refractivity contribution >= 4 is 17.2 Å². The van der Waals surface area contributed by atoms with Gasteiger partial charge in [0, 0.05) is 49.1 Å². The highest BCUT2D eigenvalue weighted by molar-refractivity contribution is 7.10. The molecule has 0 radical (unpaired) electrons. The number of piperazine rings is 1. The van der Waals surface area contributed by atoms with Crippen LogP contribution in [-0.4, -0.2) is 53.9 Å². The summed E-state index contributed by atoms with van der Waals surface area (Å²) in [5.41, 5.74) is 2.08. The van der Waals surface area contributed by atoms with Crippen LogP contribution in [0, 0.1) is 0 Å². The second-order valence-electron chi connectivity index (χ2n) is 7.68. The molecule has 1 aromatic heterocycles. The van der Waals surface area contributed by atoms with Gasteiger partial charge in [-0.1, -0.05) is 30.3 Å². The van der Waals surface area contributed by atoms with E-state index >= 15 is 0 Å². The van der Waals surface area contributed by atoms with E-state index in [1.54, 1.807) is 12.1 Å². The Balaban J connectivity index is 1.49. The number of rotatable bonds is 4. The second kappa shape index (κ2) is 8.80. The highest BCUT2D eigenvalue weighted by Gasteiger charge is 2.30. The molecular formula is C23H22F3N3OS. The molecule has 4 nitrogen and oxygen atoms in total. The predicted molar refractivity (Wildman–Crippen MR) is 115 cm³/mol. The molecule has 162 valence electrons. The lowest BCUT2D eigenvalue weighted by atomic mass is 10.1. The second-order valence-corrected chi connectivity index (χ2v) is 8.62. The van der Waals surface area contributed by atoms with Gasteiger partial charge in [0.1, 0.15) is 0 Å². The molecule has 0 aliphatic carbocycles. The number of nitrogens with zero attached hydrogens (tertiary/aromatic N) is 3. The minimum absolute atomic E-state index is 0.00867. The van der Waals surface area contributed by atoms with Gasteiger partial charge in [0.25, 0.3) is 5.91 Å². The molecule has 1 saturated heterocycles. The van der Waals surface area contributed by atoms with Crippen molar-refractivity contribution in [2.45, 2.75) is 12.6 Å². The maximum Gasteiger partial charge on any atom is 0.416 e. The van der Waals surface area contributed by atoms with Crippen LogP contribution in [0.1, 0.15) is 26.5 Å². The van der Waals surface area contributed by atoms with Crippen molar-refractivity contribution in [3.8, 4) is 11.3 Å². The summed E-state index contributed by atoms with van der Waals surface area (Å²) in [6.07, 6.45) is -4.03. The van der Waals surface area contributed by atoms with Gasteiger partial charge >= 0.3 is 6.18 Å². The van der Waals surface area contributed by atoms with Gasteiger partial charge in [-0.2, -0.15) is 13.2 Å². The third-order valence-corrected chi connectivity index (χ3v) is 6.21. The lowest BCUT2D eigenvalue weighted by Gasteiger charge is -2.32. The Labute approximate surface area is 182 Å². The molecule has 1 fully saturated rings. The number of halogens is 3. The Morgan fingerprint density at radius 2 is 1.81 bits per heavy atom. The Hall–Kier alpha value is -2.71. The van der Waals surface area contributed by atoms with Crippen molar-refractivity contribution < 1.29 is 18.0 Å². The molecule has 0 atom stereocenters. The van der Waals surface area contributed by atoms with E-state index in [9.17, 15) is 18.0 Å². The molecule has 31 heavy (non-hydrogen) atoms. The molecule has 3 aromatic rings. The molecule has 4 rings (SSSR count). The van der Waals surface area contributed by atoms with E-state index in [2.05, 4.69) is 9.88 Å². The van der Waals surface area contributed by atoms with E-state index in [1.807, 2.05) is 35.5 Å². The molecule has 0 spiro atoms. The van der Waals surface area contributed by atoms with Gasteiger partial charge in [0.2, 0.25) is 0 Å². The third-order valence-electron chi connectivity index (χ3n) is 5.36. The molecule has 0 bridgehead atoms. The Bertz CT molecular complexity index is 1070. The zero-order chi connectivity index (χ0) is 22.0. The monoisotopic (exact) mass is 445 g/mol. The molecule has 8 heteroatoms. The first-order chi connectivity index (χ1) is 14.8. The first kappa shape index (κ1) is 21.5. The van der Waals surface area contributed by atoms with Crippen LogP contribution in [0.4, 0.5) is 13.2 Å². The van der Waals surface area contributed by atoms with Crippen molar-refractivity contribution in [3.05, 3.63) is 75.6 Å². The van der Waals surface area contributed by atoms with Crippen LogP contribution in [0.15, 0.2) is 53.9 Å². The zero-order valence-electron chi connectivity index (χ0n) is 17.0. The summed E-state index contributed by atoms with van der Waals surface area (Å²) in [7, 11) is 2.04. The van der Waals surface area contributed by atoms with Crippen molar-refractivity contribution in [1.82, 2.24) is 14.8 Å². The molecule has 0 unspecified atom stereocenters. The van der Waals surface area contributed by atoms with Crippen LogP contribution < -0.4 is 0 Å². The summed E-state index contributed by atoms with van der Waals surface area (Å²) < 4.78 is 38.8. The van der Waals surface area contributed by atoms with Crippen LogP contribution >= 0.6 is 11.3 Å². The van der Waals surface area contributed by atoms with Crippen LogP contribution in [0.25, 0.3) is 11.3 Å². The van der Waals surface area contributed by atoms with Crippen LogP contribution in [0.2, 0.25) is 0 Å². The molecule has 1 aliphatic heterocycles. The van der Waals surface area contributed by atoms with Gasteiger partial charge in [-0.25, -0.2) is 4.98 Å². The fraction of sp³-hybridized carbons (Fsp3) is 0.304. The minimum atomic E-state index is -4.36.